The Bertz CT molecular complexity index is 444. The number of hydrogen-bond acceptors (Lipinski definition) is 3. The summed E-state index contributed by atoms with van der Waals surface area (Å²) < 4.78 is 0. The predicted molar refractivity (Wildman–Crippen MR) is 81.1 cm³/mol. The number of hydrogen-bond donors (Lipinski definition) is 2. The average Bonchev–Trinajstić information content (AvgIpc) is 2.49. The van der Waals surface area contributed by atoms with E-state index in [2.05, 4.69) is 17.1 Å². The van der Waals surface area contributed by atoms with Crippen molar-refractivity contribution < 1.29 is 9.90 Å². The van der Waals surface area contributed by atoms with Crippen molar-refractivity contribution in [3.8, 4) is 0 Å². The first-order valence-corrected chi connectivity index (χ1v) is 7.42. The highest BCUT2D eigenvalue weighted by atomic mass is 16.3. The highest BCUT2D eigenvalue weighted by molar-refractivity contribution is 5.94. The summed E-state index contributed by atoms with van der Waals surface area (Å²) in [6.45, 7) is 3.02. The molecule has 1 amide bonds. The number of anilines is 1. The summed E-state index contributed by atoms with van der Waals surface area (Å²) in [4.78, 5) is 14.3. The average molecular weight is 276 g/mol. The lowest BCUT2D eigenvalue weighted by molar-refractivity contribution is 0.0717. The lowest BCUT2D eigenvalue weighted by Gasteiger charge is -2.28. The fraction of sp³-hybridized carbons (Fsp3) is 0.562. The standard InChI is InChI=1S/C16H24N2O2/c1-3-18(2)13-10-8-12(9-11-13)16(20)17-14-6-4-5-7-15(14)19/h8-11,14-15,19H,3-7H2,1-2H3,(H,17,20). The summed E-state index contributed by atoms with van der Waals surface area (Å²) in [5.41, 5.74) is 1.75. The number of nitrogens with one attached hydrogen (secondary N) is 1. The molecule has 0 bridgehead atoms. The summed E-state index contributed by atoms with van der Waals surface area (Å²) in [5.74, 6) is -0.0957. The van der Waals surface area contributed by atoms with E-state index in [-0.39, 0.29) is 11.9 Å². The fourth-order valence-electron chi connectivity index (χ4n) is 2.58. The van der Waals surface area contributed by atoms with Gasteiger partial charge in [-0.2, -0.15) is 0 Å². The minimum atomic E-state index is -0.404. The third-order valence-corrected chi connectivity index (χ3v) is 4.09. The van der Waals surface area contributed by atoms with Gasteiger partial charge in [-0.1, -0.05) is 12.8 Å². The number of amides is 1. The number of aliphatic hydroxyl groups is 1. The summed E-state index contributed by atoms with van der Waals surface area (Å²) in [6, 6.07) is 7.48. The van der Waals surface area contributed by atoms with E-state index in [0.29, 0.717) is 5.56 Å². The molecule has 0 heterocycles. The van der Waals surface area contributed by atoms with Crippen molar-refractivity contribution >= 4 is 11.6 Å². The third-order valence-electron chi connectivity index (χ3n) is 4.09. The van der Waals surface area contributed by atoms with Crippen LogP contribution in [-0.2, 0) is 0 Å². The van der Waals surface area contributed by atoms with E-state index < -0.39 is 6.10 Å². The van der Waals surface area contributed by atoms with Gasteiger partial charge in [0.05, 0.1) is 12.1 Å². The smallest absolute Gasteiger partial charge is 0.251 e. The van der Waals surface area contributed by atoms with E-state index in [4.69, 9.17) is 0 Å². The molecule has 0 aliphatic heterocycles. The number of benzene rings is 1. The second-order valence-corrected chi connectivity index (χ2v) is 5.49. The number of carbonyl (C=O) groups is 1. The van der Waals surface area contributed by atoms with Crippen LogP contribution in [0.2, 0.25) is 0 Å². The first-order valence-electron chi connectivity index (χ1n) is 7.42. The normalized spacial score (nSPS) is 22.4. The second-order valence-electron chi connectivity index (χ2n) is 5.49. The van der Waals surface area contributed by atoms with Gasteiger partial charge in [0.2, 0.25) is 0 Å². The van der Waals surface area contributed by atoms with E-state index in [0.717, 1.165) is 37.9 Å². The topological polar surface area (TPSA) is 52.6 Å². The molecule has 1 aromatic rings. The zero-order chi connectivity index (χ0) is 14.5. The van der Waals surface area contributed by atoms with Crippen LogP contribution in [0, 0.1) is 0 Å². The van der Waals surface area contributed by atoms with Crippen molar-refractivity contribution in [3.05, 3.63) is 29.8 Å². The molecule has 0 radical (unpaired) electrons. The van der Waals surface area contributed by atoms with Crippen molar-refractivity contribution in [2.45, 2.75) is 44.8 Å². The van der Waals surface area contributed by atoms with E-state index in [1.165, 1.54) is 0 Å². The van der Waals surface area contributed by atoms with Crippen LogP contribution in [0.5, 0.6) is 0 Å². The number of nitrogens with zero attached hydrogens (tertiary/aromatic N) is 1. The van der Waals surface area contributed by atoms with Gasteiger partial charge in [-0.25, -0.2) is 0 Å². The molecule has 1 aromatic carbocycles. The Morgan fingerprint density at radius 1 is 1.30 bits per heavy atom. The van der Waals surface area contributed by atoms with Crippen LogP contribution in [0.25, 0.3) is 0 Å². The molecule has 2 N–H and O–H groups in total. The molecule has 2 unspecified atom stereocenters. The SMILES string of the molecule is CCN(C)c1ccc(C(=O)NC2CCCCC2O)cc1. The van der Waals surface area contributed by atoms with Crippen molar-refractivity contribution in [2.24, 2.45) is 0 Å². The summed E-state index contributed by atoms with van der Waals surface area (Å²) in [5, 5.41) is 12.8. The largest absolute Gasteiger partial charge is 0.391 e. The molecule has 1 saturated carbocycles. The van der Waals surface area contributed by atoms with Crippen LogP contribution >= 0.6 is 0 Å². The monoisotopic (exact) mass is 276 g/mol. The Hall–Kier alpha value is -1.55. The van der Waals surface area contributed by atoms with Gasteiger partial charge in [0, 0.05) is 24.8 Å². The van der Waals surface area contributed by atoms with E-state index in [9.17, 15) is 9.90 Å². The fourth-order valence-corrected chi connectivity index (χ4v) is 2.58. The number of rotatable bonds is 4. The Morgan fingerprint density at radius 3 is 2.55 bits per heavy atom. The van der Waals surface area contributed by atoms with Crippen molar-refractivity contribution in [1.29, 1.82) is 0 Å². The maximum atomic E-state index is 12.2. The lowest BCUT2D eigenvalue weighted by Crippen LogP contribution is -2.45. The minimum absolute atomic E-state index is 0.0957. The number of carbonyl (C=O) groups excluding carboxylic acids is 1. The Balaban J connectivity index is 1.98. The van der Waals surface area contributed by atoms with E-state index in [1.54, 1.807) is 0 Å². The van der Waals surface area contributed by atoms with E-state index in [1.807, 2.05) is 31.3 Å². The number of aliphatic hydroxyl groups excluding tert-OH is 1. The van der Waals surface area contributed by atoms with Gasteiger partial charge in [-0.3, -0.25) is 4.79 Å². The van der Waals surface area contributed by atoms with Crippen LogP contribution in [0.3, 0.4) is 0 Å². The van der Waals surface area contributed by atoms with Crippen LogP contribution in [-0.4, -0.2) is 36.8 Å². The molecule has 1 fully saturated rings. The second kappa shape index (κ2) is 6.75. The summed E-state index contributed by atoms with van der Waals surface area (Å²) in [7, 11) is 2.02. The first-order chi connectivity index (χ1) is 9.61. The molecule has 4 heteroatoms. The molecule has 2 atom stereocenters. The zero-order valence-electron chi connectivity index (χ0n) is 12.3. The first kappa shape index (κ1) is 14.9. The van der Waals surface area contributed by atoms with Crippen LogP contribution < -0.4 is 10.2 Å². The van der Waals surface area contributed by atoms with Gasteiger partial charge >= 0.3 is 0 Å². The Labute approximate surface area is 120 Å². The Morgan fingerprint density at radius 2 is 1.95 bits per heavy atom. The van der Waals surface area contributed by atoms with Gasteiger partial charge in [-0.05, 0) is 44.0 Å². The lowest BCUT2D eigenvalue weighted by atomic mass is 9.92. The van der Waals surface area contributed by atoms with Crippen LogP contribution in [0.1, 0.15) is 43.0 Å². The van der Waals surface area contributed by atoms with Gasteiger partial charge in [0.1, 0.15) is 0 Å². The van der Waals surface area contributed by atoms with Crippen molar-refractivity contribution in [3.63, 3.8) is 0 Å². The van der Waals surface area contributed by atoms with Gasteiger partial charge in [0.25, 0.3) is 5.91 Å². The van der Waals surface area contributed by atoms with Crippen LogP contribution in [0.15, 0.2) is 24.3 Å². The van der Waals surface area contributed by atoms with Gasteiger partial charge in [-0.15, -0.1) is 0 Å². The maximum Gasteiger partial charge on any atom is 0.251 e. The summed E-state index contributed by atoms with van der Waals surface area (Å²) in [6.07, 6.45) is 3.36. The quantitative estimate of drug-likeness (QED) is 0.886. The van der Waals surface area contributed by atoms with Gasteiger partial charge in [0.15, 0.2) is 0 Å². The molecule has 4 nitrogen and oxygen atoms in total. The molecule has 20 heavy (non-hydrogen) atoms. The van der Waals surface area contributed by atoms with E-state index >= 15 is 0 Å². The molecule has 2 rings (SSSR count). The molecule has 0 aromatic heterocycles. The highest BCUT2D eigenvalue weighted by Crippen LogP contribution is 2.19. The third kappa shape index (κ3) is 3.51. The molecule has 1 aliphatic carbocycles. The van der Waals surface area contributed by atoms with Crippen LogP contribution in [0.4, 0.5) is 5.69 Å². The van der Waals surface area contributed by atoms with Gasteiger partial charge < -0.3 is 15.3 Å². The molecule has 0 saturated heterocycles. The molecular formula is C16H24N2O2. The molecular weight excluding hydrogens is 252 g/mol. The summed E-state index contributed by atoms with van der Waals surface area (Å²) >= 11 is 0. The molecule has 0 spiro atoms. The highest BCUT2D eigenvalue weighted by Gasteiger charge is 2.24. The molecule has 110 valence electrons. The Kier molecular flexibility index (Phi) is 5.01. The minimum Gasteiger partial charge on any atom is -0.391 e. The maximum absolute atomic E-state index is 12.2. The van der Waals surface area contributed by atoms with Crippen molar-refractivity contribution in [1.82, 2.24) is 5.32 Å². The predicted octanol–water partition coefficient (Wildman–Crippen LogP) is 2.18. The molecule has 1 aliphatic rings. The van der Waals surface area contributed by atoms with Crippen molar-refractivity contribution in [2.75, 3.05) is 18.5 Å². The zero-order valence-corrected chi connectivity index (χ0v) is 12.3.